The van der Waals surface area contributed by atoms with Gasteiger partial charge in [-0.15, -0.1) is 0 Å². The maximum absolute atomic E-state index is 12.9. The van der Waals surface area contributed by atoms with Crippen LogP contribution in [0.15, 0.2) is 48.5 Å². The number of halogens is 2. The van der Waals surface area contributed by atoms with Crippen LogP contribution in [0.25, 0.3) is 0 Å². The molecule has 0 aliphatic rings. The van der Waals surface area contributed by atoms with E-state index in [4.69, 9.17) is 11.6 Å². The van der Waals surface area contributed by atoms with Crippen LogP contribution in [-0.2, 0) is 4.79 Å². The minimum atomic E-state index is -1.15. The van der Waals surface area contributed by atoms with E-state index in [1.165, 1.54) is 12.1 Å². The van der Waals surface area contributed by atoms with E-state index >= 15 is 0 Å². The second kappa shape index (κ2) is 5.85. The zero-order chi connectivity index (χ0) is 13.8. The molecule has 0 heterocycles. The molecule has 2 rings (SSSR count). The lowest BCUT2D eigenvalue weighted by Crippen LogP contribution is -2.24. The largest absolute Gasteiger partial charge is 0.550 e. The molecule has 0 aromatic heterocycles. The van der Waals surface area contributed by atoms with Gasteiger partial charge in [0.25, 0.3) is 0 Å². The number of hydrogen-bond donors (Lipinski definition) is 0. The van der Waals surface area contributed by atoms with Crippen LogP contribution in [0.1, 0.15) is 23.5 Å². The topological polar surface area (TPSA) is 40.1 Å². The number of hydrogen-bond acceptors (Lipinski definition) is 2. The lowest BCUT2D eigenvalue weighted by atomic mass is 9.88. The Labute approximate surface area is 115 Å². The van der Waals surface area contributed by atoms with Gasteiger partial charge >= 0.3 is 0 Å². The highest BCUT2D eigenvalue weighted by Gasteiger charge is 2.14. The van der Waals surface area contributed by atoms with Crippen molar-refractivity contribution in [3.63, 3.8) is 0 Å². The van der Waals surface area contributed by atoms with Gasteiger partial charge in [0, 0.05) is 16.9 Å². The molecule has 0 bridgehead atoms. The molecule has 0 aliphatic carbocycles. The quantitative estimate of drug-likeness (QED) is 0.862. The first kappa shape index (κ1) is 13.6. The van der Waals surface area contributed by atoms with Gasteiger partial charge in [0.2, 0.25) is 0 Å². The molecule has 0 saturated carbocycles. The molecule has 0 saturated heterocycles. The van der Waals surface area contributed by atoms with Crippen LogP contribution in [-0.4, -0.2) is 5.97 Å². The fraction of sp³-hybridized carbons (Fsp3) is 0.133. The van der Waals surface area contributed by atoms with Crippen molar-refractivity contribution in [2.75, 3.05) is 0 Å². The standard InChI is InChI=1S/C15H12ClFO2/c16-12-5-1-10(2-6-12)14(9-15(18)19)11-3-7-13(17)8-4-11/h1-8,14H,9H2,(H,18,19)/p-1/t14-/m1/s1. The maximum Gasteiger partial charge on any atom is 0.123 e. The minimum Gasteiger partial charge on any atom is -0.550 e. The molecular weight excluding hydrogens is 267 g/mol. The molecule has 2 nitrogen and oxygen atoms in total. The first-order chi connectivity index (χ1) is 9.06. The molecule has 2 aromatic rings. The number of carbonyl (C=O) groups excluding carboxylic acids is 1. The first-order valence-corrected chi connectivity index (χ1v) is 6.15. The summed E-state index contributed by atoms with van der Waals surface area (Å²) in [5.74, 6) is -1.88. The summed E-state index contributed by atoms with van der Waals surface area (Å²) in [5, 5.41) is 11.5. The summed E-state index contributed by atoms with van der Waals surface area (Å²) in [6, 6.07) is 12.7. The smallest absolute Gasteiger partial charge is 0.123 e. The second-order valence-electron chi connectivity index (χ2n) is 4.23. The molecule has 98 valence electrons. The van der Waals surface area contributed by atoms with E-state index in [0.717, 1.165) is 11.1 Å². The molecule has 19 heavy (non-hydrogen) atoms. The predicted molar refractivity (Wildman–Crippen MR) is 69.3 cm³/mol. The molecule has 0 fully saturated rings. The van der Waals surface area contributed by atoms with Crippen LogP contribution < -0.4 is 5.11 Å². The van der Waals surface area contributed by atoms with E-state index in [-0.39, 0.29) is 18.2 Å². The van der Waals surface area contributed by atoms with Gasteiger partial charge in [-0.1, -0.05) is 35.9 Å². The van der Waals surface area contributed by atoms with Crippen molar-refractivity contribution < 1.29 is 14.3 Å². The first-order valence-electron chi connectivity index (χ1n) is 5.77. The molecular formula is C15H11ClFO2-. The van der Waals surface area contributed by atoms with Crippen molar-refractivity contribution >= 4 is 17.6 Å². The zero-order valence-corrected chi connectivity index (χ0v) is 10.7. The number of carbonyl (C=O) groups is 1. The van der Waals surface area contributed by atoms with Crippen molar-refractivity contribution in [3.05, 3.63) is 70.5 Å². The summed E-state index contributed by atoms with van der Waals surface area (Å²) in [7, 11) is 0. The molecule has 0 unspecified atom stereocenters. The number of carboxylic acid groups (broad SMARTS) is 1. The van der Waals surface area contributed by atoms with Crippen LogP contribution in [0.2, 0.25) is 5.02 Å². The van der Waals surface area contributed by atoms with Gasteiger partial charge in [-0.05, 0) is 41.8 Å². The third-order valence-electron chi connectivity index (χ3n) is 2.92. The van der Waals surface area contributed by atoms with Gasteiger partial charge < -0.3 is 9.90 Å². The lowest BCUT2D eigenvalue weighted by molar-refractivity contribution is -0.305. The molecule has 0 radical (unpaired) electrons. The van der Waals surface area contributed by atoms with Crippen molar-refractivity contribution in [3.8, 4) is 0 Å². The monoisotopic (exact) mass is 277 g/mol. The predicted octanol–water partition coefficient (Wildman–Crippen LogP) is 2.75. The van der Waals surface area contributed by atoms with E-state index in [1.54, 1.807) is 36.4 Å². The van der Waals surface area contributed by atoms with Gasteiger partial charge in [-0.2, -0.15) is 0 Å². The maximum atomic E-state index is 12.9. The summed E-state index contributed by atoms with van der Waals surface area (Å²) in [5.41, 5.74) is 1.54. The van der Waals surface area contributed by atoms with E-state index in [2.05, 4.69) is 0 Å². The molecule has 2 aromatic carbocycles. The molecule has 4 heteroatoms. The summed E-state index contributed by atoms with van der Waals surface area (Å²) in [4.78, 5) is 10.9. The van der Waals surface area contributed by atoms with Crippen molar-refractivity contribution in [1.82, 2.24) is 0 Å². The Bertz CT molecular complexity index is 518. The van der Waals surface area contributed by atoms with Gasteiger partial charge in [0.15, 0.2) is 0 Å². The Morgan fingerprint density at radius 3 is 2.00 bits per heavy atom. The highest BCUT2D eigenvalue weighted by molar-refractivity contribution is 6.30. The Morgan fingerprint density at radius 2 is 1.53 bits per heavy atom. The third kappa shape index (κ3) is 3.55. The van der Waals surface area contributed by atoms with Gasteiger partial charge in [-0.3, -0.25) is 0 Å². The van der Waals surface area contributed by atoms with E-state index < -0.39 is 5.97 Å². The van der Waals surface area contributed by atoms with E-state index in [1.807, 2.05) is 0 Å². The SMILES string of the molecule is O=C([O-])C[C@@H](c1ccc(F)cc1)c1ccc(Cl)cc1. The van der Waals surface area contributed by atoms with Crippen molar-refractivity contribution in [2.45, 2.75) is 12.3 Å². The summed E-state index contributed by atoms with van der Waals surface area (Å²) in [6.45, 7) is 0. The number of rotatable bonds is 4. The third-order valence-corrected chi connectivity index (χ3v) is 3.17. The highest BCUT2D eigenvalue weighted by atomic mass is 35.5. The Morgan fingerprint density at radius 1 is 1.05 bits per heavy atom. The van der Waals surface area contributed by atoms with Gasteiger partial charge in [0.1, 0.15) is 5.82 Å². The summed E-state index contributed by atoms with van der Waals surface area (Å²) >= 11 is 5.81. The van der Waals surface area contributed by atoms with Crippen LogP contribution >= 0.6 is 11.6 Å². The Hall–Kier alpha value is -1.87. The van der Waals surface area contributed by atoms with E-state index in [9.17, 15) is 14.3 Å². The average Bonchev–Trinajstić information content (AvgIpc) is 2.38. The normalized spacial score (nSPS) is 12.1. The molecule has 1 atom stereocenters. The lowest BCUT2D eigenvalue weighted by Gasteiger charge is -2.18. The van der Waals surface area contributed by atoms with Crippen LogP contribution in [0.3, 0.4) is 0 Å². The van der Waals surface area contributed by atoms with Crippen molar-refractivity contribution in [2.24, 2.45) is 0 Å². The van der Waals surface area contributed by atoms with Crippen LogP contribution in [0.4, 0.5) is 4.39 Å². The average molecular weight is 278 g/mol. The van der Waals surface area contributed by atoms with Gasteiger partial charge in [0.05, 0.1) is 0 Å². The number of carboxylic acids is 1. The van der Waals surface area contributed by atoms with E-state index in [0.29, 0.717) is 5.02 Å². The highest BCUT2D eigenvalue weighted by Crippen LogP contribution is 2.28. The van der Waals surface area contributed by atoms with Crippen molar-refractivity contribution in [1.29, 1.82) is 0 Å². The Kier molecular flexibility index (Phi) is 4.17. The van der Waals surface area contributed by atoms with Crippen LogP contribution in [0, 0.1) is 5.82 Å². The fourth-order valence-electron chi connectivity index (χ4n) is 1.98. The summed E-state index contributed by atoms with van der Waals surface area (Å²) in [6.07, 6.45) is -0.159. The molecule has 0 aliphatic heterocycles. The molecule has 0 spiro atoms. The fourth-order valence-corrected chi connectivity index (χ4v) is 2.11. The zero-order valence-electron chi connectivity index (χ0n) is 9.98. The number of aliphatic carboxylic acids is 1. The second-order valence-corrected chi connectivity index (χ2v) is 4.67. The molecule has 0 amide bonds. The number of benzene rings is 2. The Balaban J connectivity index is 2.37. The minimum absolute atomic E-state index is 0.159. The molecule has 0 N–H and O–H groups in total. The van der Waals surface area contributed by atoms with Gasteiger partial charge in [-0.25, -0.2) is 4.39 Å². The van der Waals surface area contributed by atoms with Crippen LogP contribution in [0.5, 0.6) is 0 Å². The summed E-state index contributed by atoms with van der Waals surface area (Å²) < 4.78 is 12.9.